The SMILES string of the molecule is CCc1nc(NC(C)C)sc1-c1ccccc1. The van der Waals surface area contributed by atoms with Crippen LogP contribution in [0.5, 0.6) is 0 Å². The Kier molecular flexibility index (Phi) is 3.79. The minimum Gasteiger partial charge on any atom is -0.359 e. The molecule has 0 radical (unpaired) electrons. The van der Waals surface area contributed by atoms with Crippen molar-refractivity contribution in [2.75, 3.05) is 5.32 Å². The smallest absolute Gasteiger partial charge is 0.183 e. The lowest BCUT2D eigenvalue weighted by atomic mass is 10.1. The van der Waals surface area contributed by atoms with Crippen molar-refractivity contribution < 1.29 is 0 Å². The Hall–Kier alpha value is -1.35. The second-order valence-corrected chi connectivity index (χ2v) is 5.31. The van der Waals surface area contributed by atoms with Gasteiger partial charge in [-0.3, -0.25) is 0 Å². The fraction of sp³-hybridized carbons (Fsp3) is 0.357. The van der Waals surface area contributed by atoms with Gasteiger partial charge in [0.2, 0.25) is 0 Å². The molecule has 0 saturated carbocycles. The first kappa shape index (κ1) is 12.1. The molecule has 2 rings (SSSR count). The Morgan fingerprint density at radius 2 is 1.94 bits per heavy atom. The van der Waals surface area contributed by atoms with Crippen LogP contribution in [-0.2, 0) is 6.42 Å². The van der Waals surface area contributed by atoms with Crippen LogP contribution in [0.3, 0.4) is 0 Å². The van der Waals surface area contributed by atoms with Crippen molar-refractivity contribution >= 4 is 16.5 Å². The number of aromatic nitrogens is 1. The zero-order valence-electron chi connectivity index (χ0n) is 10.5. The highest BCUT2D eigenvalue weighted by Crippen LogP contribution is 2.33. The number of hydrogen-bond acceptors (Lipinski definition) is 3. The summed E-state index contributed by atoms with van der Waals surface area (Å²) in [6.45, 7) is 6.42. The Morgan fingerprint density at radius 1 is 1.24 bits per heavy atom. The van der Waals surface area contributed by atoms with E-state index in [0.717, 1.165) is 11.6 Å². The molecule has 0 aliphatic heterocycles. The molecule has 90 valence electrons. The van der Waals surface area contributed by atoms with Gasteiger partial charge in [0.15, 0.2) is 5.13 Å². The largest absolute Gasteiger partial charge is 0.359 e. The zero-order valence-corrected chi connectivity index (χ0v) is 11.3. The van der Waals surface area contributed by atoms with Crippen molar-refractivity contribution in [3.05, 3.63) is 36.0 Å². The fourth-order valence-electron chi connectivity index (χ4n) is 1.72. The molecule has 0 unspecified atom stereocenters. The van der Waals surface area contributed by atoms with E-state index in [9.17, 15) is 0 Å². The predicted molar refractivity (Wildman–Crippen MR) is 75.7 cm³/mol. The maximum Gasteiger partial charge on any atom is 0.183 e. The number of aryl methyl sites for hydroxylation is 1. The first-order valence-corrected chi connectivity index (χ1v) is 6.84. The molecule has 17 heavy (non-hydrogen) atoms. The van der Waals surface area contributed by atoms with Crippen molar-refractivity contribution in [1.29, 1.82) is 0 Å². The van der Waals surface area contributed by atoms with E-state index in [0.29, 0.717) is 6.04 Å². The molecule has 0 saturated heterocycles. The molecular weight excluding hydrogens is 228 g/mol. The maximum absolute atomic E-state index is 4.65. The van der Waals surface area contributed by atoms with Crippen LogP contribution in [0.2, 0.25) is 0 Å². The van der Waals surface area contributed by atoms with E-state index >= 15 is 0 Å². The van der Waals surface area contributed by atoms with Crippen molar-refractivity contribution in [2.45, 2.75) is 33.2 Å². The third-order valence-corrected chi connectivity index (χ3v) is 3.56. The van der Waals surface area contributed by atoms with Crippen LogP contribution in [0.1, 0.15) is 26.5 Å². The van der Waals surface area contributed by atoms with E-state index in [1.165, 1.54) is 16.1 Å². The number of benzene rings is 1. The Morgan fingerprint density at radius 3 is 2.53 bits per heavy atom. The number of nitrogens with one attached hydrogen (secondary N) is 1. The average molecular weight is 246 g/mol. The lowest BCUT2D eigenvalue weighted by molar-refractivity contribution is 0.892. The number of anilines is 1. The van der Waals surface area contributed by atoms with Gasteiger partial charge >= 0.3 is 0 Å². The Balaban J connectivity index is 2.36. The first-order chi connectivity index (χ1) is 8.20. The molecule has 0 spiro atoms. The van der Waals surface area contributed by atoms with E-state index in [-0.39, 0.29) is 0 Å². The molecule has 2 aromatic rings. The van der Waals surface area contributed by atoms with Crippen molar-refractivity contribution in [3.63, 3.8) is 0 Å². The van der Waals surface area contributed by atoms with Gasteiger partial charge in [0.25, 0.3) is 0 Å². The Bertz CT molecular complexity index is 474. The molecule has 0 fully saturated rings. The molecule has 1 heterocycles. The maximum atomic E-state index is 4.65. The molecule has 0 atom stereocenters. The zero-order chi connectivity index (χ0) is 12.3. The Labute approximate surface area is 107 Å². The minimum absolute atomic E-state index is 0.425. The third kappa shape index (κ3) is 2.86. The summed E-state index contributed by atoms with van der Waals surface area (Å²) < 4.78 is 0. The summed E-state index contributed by atoms with van der Waals surface area (Å²) in [6.07, 6.45) is 0.973. The van der Waals surface area contributed by atoms with Crippen LogP contribution in [-0.4, -0.2) is 11.0 Å². The highest BCUT2D eigenvalue weighted by molar-refractivity contribution is 7.19. The van der Waals surface area contributed by atoms with Crippen LogP contribution >= 0.6 is 11.3 Å². The van der Waals surface area contributed by atoms with Gasteiger partial charge in [-0.25, -0.2) is 4.98 Å². The van der Waals surface area contributed by atoms with E-state index in [4.69, 9.17) is 0 Å². The second-order valence-electron chi connectivity index (χ2n) is 4.31. The molecule has 0 aliphatic carbocycles. The van der Waals surface area contributed by atoms with E-state index < -0.39 is 0 Å². The average Bonchev–Trinajstić information content (AvgIpc) is 2.72. The van der Waals surface area contributed by atoms with Gasteiger partial charge in [-0.15, -0.1) is 0 Å². The summed E-state index contributed by atoms with van der Waals surface area (Å²) >= 11 is 1.74. The molecule has 3 heteroatoms. The summed E-state index contributed by atoms with van der Waals surface area (Å²) in [7, 11) is 0. The molecule has 2 nitrogen and oxygen atoms in total. The van der Waals surface area contributed by atoms with Gasteiger partial charge in [0.1, 0.15) is 0 Å². The van der Waals surface area contributed by atoms with Crippen molar-refractivity contribution in [3.8, 4) is 10.4 Å². The fourth-order valence-corrected chi connectivity index (χ4v) is 2.92. The van der Waals surface area contributed by atoms with Crippen LogP contribution in [0, 0.1) is 0 Å². The molecule has 1 aromatic carbocycles. The standard InChI is InChI=1S/C14H18N2S/c1-4-12-13(11-8-6-5-7-9-11)17-14(16-12)15-10(2)3/h5-10H,4H2,1-3H3,(H,15,16). The summed E-state index contributed by atoms with van der Waals surface area (Å²) in [4.78, 5) is 5.94. The van der Waals surface area contributed by atoms with Crippen LogP contribution in [0.25, 0.3) is 10.4 Å². The van der Waals surface area contributed by atoms with Gasteiger partial charge in [0.05, 0.1) is 10.6 Å². The molecule has 1 N–H and O–H groups in total. The van der Waals surface area contributed by atoms with Gasteiger partial charge < -0.3 is 5.32 Å². The number of rotatable bonds is 4. The monoisotopic (exact) mass is 246 g/mol. The van der Waals surface area contributed by atoms with Crippen LogP contribution < -0.4 is 5.32 Å². The second kappa shape index (κ2) is 5.32. The van der Waals surface area contributed by atoms with E-state index in [2.05, 4.69) is 55.3 Å². The summed E-state index contributed by atoms with van der Waals surface area (Å²) in [5, 5.41) is 4.40. The summed E-state index contributed by atoms with van der Waals surface area (Å²) in [5.41, 5.74) is 2.45. The number of nitrogens with zero attached hydrogens (tertiary/aromatic N) is 1. The highest BCUT2D eigenvalue weighted by atomic mass is 32.1. The first-order valence-electron chi connectivity index (χ1n) is 6.02. The predicted octanol–water partition coefficient (Wildman–Crippen LogP) is 4.19. The third-order valence-electron chi connectivity index (χ3n) is 2.48. The van der Waals surface area contributed by atoms with Crippen molar-refractivity contribution in [2.24, 2.45) is 0 Å². The van der Waals surface area contributed by atoms with Crippen LogP contribution in [0.15, 0.2) is 30.3 Å². The summed E-state index contributed by atoms with van der Waals surface area (Å²) in [5.74, 6) is 0. The highest BCUT2D eigenvalue weighted by Gasteiger charge is 2.11. The quantitative estimate of drug-likeness (QED) is 0.874. The van der Waals surface area contributed by atoms with Crippen molar-refractivity contribution in [1.82, 2.24) is 4.98 Å². The molecule has 0 bridgehead atoms. The topological polar surface area (TPSA) is 24.9 Å². The number of thiazole rings is 1. The van der Waals surface area contributed by atoms with Gasteiger partial charge in [0, 0.05) is 6.04 Å². The molecular formula is C14H18N2S. The molecule has 1 aromatic heterocycles. The lowest BCUT2D eigenvalue weighted by Gasteiger charge is -2.04. The van der Waals surface area contributed by atoms with E-state index in [1.54, 1.807) is 11.3 Å². The van der Waals surface area contributed by atoms with Crippen LogP contribution in [0.4, 0.5) is 5.13 Å². The minimum atomic E-state index is 0.425. The normalized spacial score (nSPS) is 10.8. The summed E-state index contributed by atoms with van der Waals surface area (Å²) in [6, 6.07) is 10.9. The van der Waals surface area contributed by atoms with Gasteiger partial charge in [-0.2, -0.15) is 0 Å². The van der Waals surface area contributed by atoms with E-state index in [1.807, 2.05) is 6.07 Å². The molecule has 0 aliphatic rings. The molecule has 0 amide bonds. The number of hydrogen-bond donors (Lipinski definition) is 1. The van der Waals surface area contributed by atoms with Gasteiger partial charge in [-0.05, 0) is 25.8 Å². The lowest BCUT2D eigenvalue weighted by Crippen LogP contribution is -2.09. The van der Waals surface area contributed by atoms with Gasteiger partial charge in [-0.1, -0.05) is 48.6 Å².